The molecule has 8 heteroatoms. The van der Waals surface area contributed by atoms with Crippen LogP contribution in [0.15, 0.2) is 282 Å². The lowest BCUT2D eigenvalue weighted by molar-refractivity contribution is 0.581. The predicted octanol–water partition coefficient (Wildman–Crippen LogP) is 23.1. The molecule has 0 aliphatic heterocycles. The van der Waals surface area contributed by atoms with Gasteiger partial charge in [-0.05, 0) is 139 Å². The van der Waals surface area contributed by atoms with Gasteiger partial charge in [-0.25, -0.2) is 8.78 Å². The molecule has 0 saturated carbocycles. The first-order valence-corrected chi connectivity index (χ1v) is 31.6. The molecule has 0 fully saturated rings. The van der Waals surface area contributed by atoms with Gasteiger partial charge >= 0.3 is 0 Å². The van der Waals surface area contributed by atoms with Gasteiger partial charge in [0.1, 0.15) is 22.8 Å². The van der Waals surface area contributed by atoms with Crippen molar-refractivity contribution in [3.8, 4) is 0 Å². The van der Waals surface area contributed by atoms with E-state index in [2.05, 4.69) is 226 Å². The van der Waals surface area contributed by atoms with E-state index in [9.17, 15) is 0 Å². The Morgan fingerprint density at radius 2 is 0.837 bits per heavy atom. The predicted molar refractivity (Wildman–Crippen MR) is 379 cm³/mol. The first-order valence-electron chi connectivity index (χ1n) is 31.6. The molecule has 0 amide bonds. The molecular weight excluding hydrogens is 1130 g/mol. The summed E-state index contributed by atoms with van der Waals surface area (Å²) in [6, 6.07) is 88.8. The molecule has 6 nitrogen and oxygen atoms in total. The molecule has 18 aromatic rings. The fourth-order valence-electron chi connectivity index (χ4n) is 15.6. The van der Waals surface area contributed by atoms with Crippen molar-refractivity contribution in [1.82, 2.24) is 18.3 Å². The number of hydrogen-bond acceptors (Lipinski definition) is 2. The summed E-state index contributed by atoms with van der Waals surface area (Å²) in [6.45, 7) is 10.4. The summed E-state index contributed by atoms with van der Waals surface area (Å²) in [4.78, 5) is 0. The fourth-order valence-corrected chi connectivity index (χ4v) is 15.6. The van der Waals surface area contributed by atoms with E-state index >= 15 is 8.78 Å². The number of aromatic nitrogens is 4. The summed E-state index contributed by atoms with van der Waals surface area (Å²) in [5.74, 6) is -0.709. The van der Waals surface area contributed by atoms with Gasteiger partial charge in [-0.1, -0.05) is 183 Å². The van der Waals surface area contributed by atoms with E-state index in [0.29, 0.717) is 30.5 Å². The first kappa shape index (κ1) is 53.5. The molecule has 92 heavy (non-hydrogen) atoms. The SMILES string of the molecule is C=C(/C(=C(\C(CC(C)n1c2ccccc2c2ccccc21)=C(/C)n1c2ccccc2c2ccc3c4ccccc4oc3c21)c1ccc(F)cc1)n1c2ccccc2c2ccc3c4ccccc4oc3c21)c1ccc(F)cc1CCn1c2ccccc2c2ccccc21. The Kier molecular flexibility index (Phi) is 12.1. The maximum Gasteiger partial charge on any atom is 0.160 e. The number of para-hydroxylation sites is 8. The minimum atomic E-state index is -0.365. The van der Waals surface area contributed by atoms with Crippen LogP contribution >= 0.6 is 0 Å². The van der Waals surface area contributed by atoms with Crippen LogP contribution in [0.1, 0.15) is 43.0 Å². The third-order valence-electron chi connectivity index (χ3n) is 19.5. The monoisotopic (exact) mass is 1190 g/mol. The molecule has 440 valence electrons. The lowest BCUT2D eigenvalue weighted by atomic mass is 9.85. The molecule has 0 aliphatic carbocycles. The average molecular weight is 1190 g/mol. The number of benzene rings is 12. The van der Waals surface area contributed by atoms with Crippen LogP contribution in [0.3, 0.4) is 0 Å². The van der Waals surface area contributed by atoms with Crippen LogP contribution in [0.4, 0.5) is 8.78 Å². The zero-order chi connectivity index (χ0) is 61.5. The quantitative estimate of drug-likeness (QED) is 0.114. The maximum atomic E-state index is 16.6. The molecule has 6 heterocycles. The standard InChI is InChI=1S/C84H58F2N4O2/c1-50(88-73-30-14-6-22-60(73)61-23-7-15-31-74(61)88)48-70(52(3)89-75-32-16-8-24-62(75)66-42-44-68-64-26-10-18-34-77(64)91-83(68)81(66)89)79(53-36-38-55(85)39-37-53)80(90-76-33-17-9-25-63(76)67-43-45-69-65-27-11-19-35-78(65)92-84(69)82(67)90)51(2)57-41-40-56(86)49-54(57)46-47-87-71-28-12-4-20-58(71)59-21-5-13-29-72(59)87/h4-45,49-50H,2,46-48H2,1,3H3/b70-52+,80-79+. The number of allylic oxidation sites excluding steroid dienone is 5. The van der Waals surface area contributed by atoms with Gasteiger partial charge in [0.15, 0.2) is 11.2 Å². The third kappa shape index (κ3) is 8.02. The highest BCUT2D eigenvalue weighted by molar-refractivity contribution is 6.27. The summed E-state index contributed by atoms with van der Waals surface area (Å²) in [7, 11) is 0. The maximum absolute atomic E-state index is 16.6. The minimum absolute atomic E-state index is 0.207. The van der Waals surface area contributed by atoms with Gasteiger partial charge in [-0.2, -0.15) is 0 Å². The summed E-state index contributed by atoms with van der Waals surface area (Å²) in [5, 5.41) is 12.8. The van der Waals surface area contributed by atoms with Gasteiger partial charge < -0.3 is 27.1 Å². The minimum Gasteiger partial charge on any atom is -0.454 e. The topological polar surface area (TPSA) is 46.0 Å². The van der Waals surface area contributed by atoms with Gasteiger partial charge in [0.05, 0.1) is 27.8 Å². The van der Waals surface area contributed by atoms with Gasteiger partial charge in [-0.3, -0.25) is 0 Å². The van der Waals surface area contributed by atoms with E-state index in [1.807, 2.05) is 42.5 Å². The van der Waals surface area contributed by atoms with E-state index in [4.69, 9.17) is 15.4 Å². The molecule has 18 rings (SSSR count). The van der Waals surface area contributed by atoms with E-state index in [0.717, 1.165) is 143 Å². The van der Waals surface area contributed by atoms with Gasteiger partial charge in [0.2, 0.25) is 0 Å². The lowest BCUT2D eigenvalue weighted by Crippen LogP contribution is -2.13. The first-order chi connectivity index (χ1) is 45.3. The van der Waals surface area contributed by atoms with Gasteiger partial charge in [-0.15, -0.1) is 0 Å². The number of rotatable bonds is 12. The highest BCUT2D eigenvalue weighted by Gasteiger charge is 2.31. The largest absolute Gasteiger partial charge is 0.454 e. The highest BCUT2D eigenvalue weighted by atomic mass is 19.1. The molecular formula is C84H58F2N4O2. The third-order valence-corrected chi connectivity index (χ3v) is 19.5. The fraction of sp³-hybridized carbons (Fsp3) is 0.0714. The van der Waals surface area contributed by atoms with Crippen molar-refractivity contribution in [2.45, 2.75) is 39.3 Å². The van der Waals surface area contributed by atoms with Crippen molar-refractivity contribution in [3.63, 3.8) is 0 Å². The Balaban J connectivity index is 1.01. The van der Waals surface area contributed by atoms with Gasteiger partial charge in [0, 0.05) is 111 Å². The van der Waals surface area contributed by atoms with E-state index in [-0.39, 0.29) is 17.7 Å². The Hall–Kier alpha value is -11.5. The molecule has 0 aliphatic rings. The van der Waals surface area contributed by atoms with Crippen LogP contribution in [0.2, 0.25) is 0 Å². The zero-order valence-electron chi connectivity index (χ0n) is 50.6. The van der Waals surface area contributed by atoms with Crippen LogP contribution in [0, 0.1) is 11.6 Å². The number of hydrogen-bond donors (Lipinski definition) is 0. The second-order valence-electron chi connectivity index (χ2n) is 24.5. The molecule has 0 spiro atoms. The van der Waals surface area contributed by atoms with Crippen molar-refractivity contribution in [2.75, 3.05) is 0 Å². The van der Waals surface area contributed by atoms with Crippen LogP contribution in [0.25, 0.3) is 154 Å². The molecule has 0 bridgehead atoms. The average Bonchev–Trinajstić information content (AvgIpc) is 1.54. The summed E-state index contributed by atoms with van der Waals surface area (Å²) < 4.78 is 56.7. The van der Waals surface area contributed by atoms with Crippen LogP contribution < -0.4 is 0 Å². The second-order valence-corrected chi connectivity index (χ2v) is 24.5. The Morgan fingerprint density at radius 3 is 1.37 bits per heavy atom. The van der Waals surface area contributed by atoms with E-state index in [1.165, 1.54) is 21.5 Å². The smallest absolute Gasteiger partial charge is 0.160 e. The van der Waals surface area contributed by atoms with Crippen LogP contribution in [-0.4, -0.2) is 18.3 Å². The molecule has 6 aromatic heterocycles. The van der Waals surface area contributed by atoms with Crippen LogP contribution in [-0.2, 0) is 13.0 Å². The summed E-state index contributed by atoms with van der Waals surface area (Å²) in [5.41, 5.74) is 17.6. The molecule has 1 atom stereocenters. The Bertz CT molecular complexity index is 6090. The normalized spacial score (nSPS) is 13.3. The Labute approximate surface area is 527 Å². The molecule has 0 radical (unpaired) electrons. The highest BCUT2D eigenvalue weighted by Crippen LogP contribution is 2.51. The second kappa shape index (κ2) is 20.8. The lowest BCUT2D eigenvalue weighted by Gasteiger charge is -2.28. The molecule has 0 saturated heterocycles. The molecule has 1 unspecified atom stereocenters. The van der Waals surface area contributed by atoms with Crippen molar-refractivity contribution in [2.24, 2.45) is 0 Å². The number of fused-ring (bicyclic) bond motifs is 20. The number of halogens is 2. The van der Waals surface area contributed by atoms with Crippen molar-refractivity contribution in [1.29, 1.82) is 0 Å². The van der Waals surface area contributed by atoms with Crippen molar-refractivity contribution in [3.05, 3.63) is 301 Å². The van der Waals surface area contributed by atoms with Gasteiger partial charge in [0.25, 0.3) is 0 Å². The van der Waals surface area contributed by atoms with Crippen molar-refractivity contribution < 1.29 is 17.6 Å². The summed E-state index contributed by atoms with van der Waals surface area (Å²) >= 11 is 0. The Morgan fingerprint density at radius 1 is 0.424 bits per heavy atom. The van der Waals surface area contributed by atoms with Crippen LogP contribution in [0.5, 0.6) is 0 Å². The number of furan rings is 2. The molecule has 12 aromatic carbocycles. The van der Waals surface area contributed by atoms with Crippen molar-refractivity contribution >= 4 is 154 Å². The number of nitrogens with zero attached hydrogens (tertiary/aromatic N) is 4. The number of aryl methyl sites for hydroxylation is 2. The molecule has 0 N–H and O–H groups in total. The van der Waals surface area contributed by atoms with E-state index < -0.39 is 0 Å². The van der Waals surface area contributed by atoms with E-state index in [1.54, 1.807) is 24.3 Å². The zero-order valence-corrected chi connectivity index (χ0v) is 50.6. The summed E-state index contributed by atoms with van der Waals surface area (Å²) in [6.07, 6.45) is 0.930.